The molecule has 0 aliphatic carbocycles. The lowest BCUT2D eigenvalue weighted by Crippen LogP contribution is -2.18. The Hall–Kier alpha value is -2.16. The molecule has 1 aromatic carbocycles. The van der Waals surface area contributed by atoms with E-state index in [4.69, 9.17) is 5.11 Å². The van der Waals surface area contributed by atoms with Gasteiger partial charge in [-0.2, -0.15) is 0 Å². The van der Waals surface area contributed by atoms with E-state index >= 15 is 0 Å². The molecule has 1 aromatic heterocycles. The zero-order valence-corrected chi connectivity index (χ0v) is 10.8. The number of hydrogen-bond donors (Lipinski definition) is 2. The number of aliphatic carboxylic acids is 1. The number of nitrogens with zero attached hydrogens (tertiary/aromatic N) is 2. The molecule has 0 saturated carbocycles. The number of thioether (sulfide) groups is 1. The number of rotatable bonds is 5. The summed E-state index contributed by atoms with van der Waals surface area (Å²) in [6, 6.07) is 3.27. The third kappa shape index (κ3) is 3.23. The van der Waals surface area contributed by atoms with Gasteiger partial charge in [0.1, 0.15) is 0 Å². The second kappa shape index (κ2) is 5.87. The lowest BCUT2D eigenvalue weighted by molar-refractivity contribution is -0.133. The summed E-state index contributed by atoms with van der Waals surface area (Å²) < 4.78 is 27.1. The van der Waals surface area contributed by atoms with Gasteiger partial charge in [-0.05, 0) is 17.7 Å². The first-order chi connectivity index (χ1) is 9.47. The van der Waals surface area contributed by atoms with Gasteiger partial charge in [-0.15, -0.1) is 5.10 Å². The highest BCUT2D eigenvalue weighted by atomic mass is 32.2. The molecule has 106 valence electrons. The third-order valence-electron chi connectivity index (χ3n) is 2.37. The van der Waals surface area contributed by atoms with Crippen LogP contribution in [-0.4, -0.2) is 31.6 Å². The van der Waals surface area contributed by atoms with Crippen molar-refractivity contribution >= 4 is 17.7 Å². The number of H-pyrrole nitrogens is 1. The Kier molecular flexibility index (Phi) is 4.18. The van der Waals surface area contributed by atoms with E-state index < -0.39 is 23.3 Å². The molecule has 0 saturated heterocycles. The minimum Gasteiger partial charge on any atom is -0.481 e. The van der Waals surface area contributed by atoms with E-state index in [-0.39, 0.29) is 17.5 Å². The standard InChI is InChI=1S/C11H9F2N3O3S/c12-7-2-1-6(3-8(7)13)4-16-10(19)14-15-11(16)20-5-9(17)18/h1-3H,4-5H2,(H,14,19)(H,17,18). The average molecular weight is 301 g/mol. The molecule has 0 radical (unpaired) electrons. The van der Waals surface area contributed by atoms with Gasteiger partial charge >= 0.3 is 11.7 Å². The Morgan fingerprint density at radius 1 is 1.40 bits per heavy atom. The summed E-state index contributed by atoms with van der Waals surface area (Å²) in [6.45, 7) is -0.0332. The lowest BCUT2D eigenvalue weighted by atomic mass is 10.2. The van der Waals surface area contributed by atoms with Crippen LogP contribution >= 0.6 is 11.8 Å². The van der Waals surface area contributed by atoms with E-state index in [1.54, 1.807) is 0 Å². The Morgan fingerprint density at radius 2 is 2.15 bits per heavy atom. The number of carboxylic acid groups (broad SMARTS) is 1. The summed E-state index contributed by atoms with van der Waals surface area (Å²) >= 11 is 0.856. The zero-order chi connectivity index (χ0) is 14.7. The largest absolute Gasteiger partial charge is 0.481 e. The summed E-state index contributed by atoms with van der Waals surface area (Å²) in [5, 5.41) is 14.6. The van der Waals surface area contributed by atoms with Crippen LogP contribution in [0.2, 0.25) is 0 Å². The van der Waals surface area contributed by atoms with E-state index in [1.165, 1.54) is 6.07 Å². The quantitative estimate of drug-likeness (QED) is 0.807. The molecular formula is C11H9F2N3O3S. The summed E-state index contributed by atoms with van der Waals surface area (Å²) in [7, 11) is 0. The molecule has 2 N–H and O–H groups in total. The highest BCUT2D eigenvalue weighted by Gasteiger charge is 2.12. The van der Waals surface area contributed by atoms with Crippen molar-refractivity contribution in [3.8, 4) is 0 Å². The maximum absolute atomic E-state index is 13.1. The summed E-state index contributed by atoms with van der Waals surface area (Å²) in [5.74, 6) is -3.31. The van der Waals surface area contributed by atoms with Gasteiger partial charge in [-0.1, -0.05) is 17.8 Å². The normalized spacial score (nSPS) is 10.7. The maximum atomic E-state index is 13.1. The van der Waals surface area contributed by atoms with Gasteiger partial charge in [0.25, 0.3) is 0 Å². The van der Waals surface area contributed by atoms with Crippen LogP contribution in [0.5, 0.6) is 0 Å². The molecular weight excluding hydrogens is 292 g/mol. The monoisotopic (exact) mass is 301 g/mol. The summed E-state index contributed by atoms with van der Waals surface area (Å²) in [4.78, 5) is 22.1. The lowest BCUT2D eigenvalue weighted by Gasteiger charge is -2.05. The van der Waals surface area contributed by atoms with Crippen molar-refractivity contribution < 1.29 is 18.7 Å². The fourth-order valence-electron chi connectivity index (χ4n) is 1.50. The molecule has 20 heavy (non-hydrogen) atoms. The third-order valence-corrected chi connectivity index (χ3v) is 3.33. The van der Waals surface area contributed by atoms with Gasteiger partial charge in [0, 0.05) is 0 Å². The summed E-state index contributed by atoms with van der Waals surface area (Å²) in [6.07, 6.45) is 0. The van der Waals surface area contributed by atoms with E-state index in [9.17, 15) is 18.4 Å². The van der Waals surface area contributed by atoms with Crippen molar-refractivity contribution in [3.63, 3.8) is 0 Å². The molecule has 2 rings (SSSR count). The summed E-state index contributed by atoms with van der Waals surface area (Å²) in [5.41, 5.74) is -0.188. The van der Waals surface area contributed by atoms with E-state index in [2.05, 4.69) is 10.2 Å². The van der Waals surface area contributed by atoms with E-state index in [1.807, 2.05) is 0 Å². The Labute approximate surface area is 115 Å². The number of nitrogens with one attached hydrogen (secondary N) is 1. The SMILES string of the molecule is O=C(O)CSc1n[nH]c(=O)n1Cc1ccc(F)c(F)c1. The van der Waals surface area contributed by atoms with Crippen LogP contribution in [0.15, 0.2) is 28.2 Å². The Bertz CT molecular complexity index is 698. The van der Waals surface area contributed by atoms with Crippen molar-refractivity contribution in [2.45, 2.75) is 11.7 Å². The number of aromatic nitrogens is 3. The van der Waals surface area contributed by atoms with Gasteiger partial charge in [0.05, 0.1) is 12.3 Å². The Morgan fingerprint density at radius 3 is 2.80 bits per heavy atom. The second-order valence-electron chi connectivity index (χ2n) is 3.83. The predicted molar refractivity (Wildman–Crippen MR) is 66.7 cm³/mol. The number of aromatic amines is 1. The van der Waals surface area contributed by atoms with Crippen LogP contribution in [0.25, 0.3) is 0 Å². The number of halogens is 2. The van der Waals surface area contributed by atoms with E-state index in [0.717, 1.165) is 28.5 Å². The number of carbonyl (C=O) groups is 1. The molecule has 0 aliphatic heterocycles. The van der Waals surface area contributed by atoms with Crippen LogP contribution in [0.1, 0.15) is 5.56 Å². The Balaban J connectivity index is 2.24. The van der Waals surface area contributed by atoms with Crippen LogP contribution in [0, 0.1) is 11.6 Å². The van der Waals surface area contributed by atoms with Gasteiger partial charge in [-0.3, -0.25) is 9.36 Å². The topological polar surface area (TPSA) is 88.0 Å². The smallest absolute Gasteiger partial charge is 0.344 e. The molecule has 0 aliphatic rings. The molecule has 6 nitrogen and oxygen atoms in total. The number of benzene rings is 1. The maximum Gasteiger partial charge on any atom is 0.344 e. The minimum atomic E-state index is -1.05. The van der Waals surface area contributed by atoms with Crippen molar-refractivity contribution in [2.24, 2.45) is 0 Å². The highest BCUT2D eigenvalue weighted by molar-refractivity contribution is 7.99. The second-order valence-corrected chi connectivity index (χ2v) is 4.77. The minimum absolute atomic E-state index is 0.0332. The first kappa shape index (κ1) is 14.3. The van der Waals surface area contributed by atoms with E-state index in [0.29, 0.717) is 5.56 Å². The van der Waals surface area contributed by atoms with Gasteiger partial charge in [0.15, 0.2) is 16.8 Å². The molecule has 0 fully saturated rings. The van der Waals surface area contributed by atoms with Crippen molar-refractivity contribution in [3.05, 3.63) is 45.9 Å². The molecule has 2 aromatic rings. The first-order valence-electron chi connectivity index (χ1n) is 5.41. The molecule has 0 bridgehead atoms. The van der Waals surface area contributed by atoms with Gasteiger partial charge in [0.2, 0.25) is 0 Å². The fraction of sp³-hybridized carbons (Fsp3) is 0.182. The molecule has 9 heteroatoms. The fourth-order valence-corrected chi connectivity index (χ4v) is 2.17. The molecule has 0 amide bonds. The van der Waals surface area contributed by atoms with Crippen molar-refractivity contribution in [1.82, 2.24) is 14.8 Å². The molecule has 0 unspecified atom stereocenters. The van der Waals surface area contributed by atoms with Crippen LogP contribution in [-0.2, 0) is 11.3 Å². The number of hydrogen-bond acceptors (Lipinski definition) is 4. The van der Waals surface area contributed by atoms with Crippen molar-refractivity contribution in [2.75, 3.05) is 5.75 Å². The average Bonchev–Trinajstić information content (AvgIpc) is 2.73. The van der Waals surface area contributed by atoms with Crippen LogP contribution in [0.3, 0.4) is 0 Å². The van der Waals surface area contributed by atoms with Gasteiger partial charge in [-0.25, -0.2) is 18.7 Å². The molecule has 0 atom stereocenters. The predicted octanol–water partition coefficient (Wildman–Crippen LogP) is 1.07. The molecule has 0 spiro atoms. The first-order valence-corrected chi connectivity index (χ1v) is 6.39. The molecule has 1 heterocycles. The van der Waals surface area contributed by atoms with Gasteiger partial charge < -0.3 is 5.11 Å². The highest BCUT2D eigenvalue weighted by Crippen LogP contribution is 2.15. The zero-order valence-electron chi connectivity index (χ0n) is 9.97. The van der Waals surface area contributed by atoms with Crippen LogP contribution < -0.4 is 5.69 Å². The van der Waals surface area contributed by atoms with Crippen molar-refractivity contribution in [1.29, 1.82) is 0 Å². The van der Waals surface area contributed by atoms with Crippen LogP contribution in [0.4, 0.5) is 8.78 Å². The number of carboxylic acids is 1.